The highest BCUT2D eigenvalue weighted by molar-refractivity contribution is 5.94. The fourth-order valence-electron chi connectivity index (χ4n) is 2.94. The number of benzene rings is 1. The molecule has 0 aliphatic rings. The highest BCUT2D eigenvalue weighted by Gasteiger charge is 2.11. The molecule has 0 fully saturated rings. The van der Waals surface area contributed by atoms with E-state index < -0.39 is 5.56 Å². The van der Waals surface area contributed by atoms with Gasteiger partial charge in [-0.2, -0.15) is 14.9 Å². The lowest BCUT2D eigenvalue weighted by Gasteiger charge is -2.07. The number of aryl methyl sites for hydroxylation is 2. The van der Waals surface area contributed by atoms with E-state index in [9.17, 15) is 10.1 Å². The van der Waals surface area contributed by atoms with Gasteiger partial charge in [-0.1, -0.05) is 18.2 Å². The molecule has 0 aliphatic heterocycles. The van der Waals surface area contributed by atoms with E-state index in [1.165, 1.54) is 10.9 Å². The molecule has 26 heavy (non-hydrogen) atoms. The number of hydrogen-bond donors (Lipinski definition) is 0. The highest BCUT2D eigenvalue weighted by atomic mass is 16.1. The Morgan fingerprint density at radius 2 is 2.04 bits per heavy atom. The van der Waals surface area contributed by atoms with Gasteiger partial charge in [-0.25, -0.2) is 4.68 Å². The SMILES string of the molecule is Cc1cc(C)n(/N=C/c2cc3ccccc3n3nnnc23)c(=O)c1C#N. The molecule has 0 aliphatic carbocycles. The second kappa shape index (κ2) is 5.89. The lowest BCUT2D eigenvalue weighted by atomic mass is 10.1. The van der Waals surface area contributed by atoms with E-state index in [-0.39, 0.29) is 5.56 Å². The van der Waals surface area contributed by atoms with Crippen LogP contribution in [0.25, 0.3) is 16.6 Å². The minimum absolute atomic E-state index is 0.0838. The van der Waals surface area contributed by atoms with E-state index in [0.717, 1.165) is 10.9 Å². The van der Waals surface area contributed by atoms with Crippen LogP contribution in [0.1, 0.15) is 22.4 Å². The summed E-state index contributed by atoms with van der Waals surface area (Å²) in [6.45, 7) is 3.50. The Hall–Kier alpha value is -3.86. The second-order valence-electron chi connectivity index (χ2n) is 5.89. The first-order chi connectivity index (χ1) is 12.6. The van der Waals surface area contributed by atoms with E-state index in [1.807, 2.05) is 36.4 Å². The second-order valence-corrected chi connectivity index (χ2v) is 5.89. The van der Waals surface area contributed by atoms with Gasteiger partial charge in [0.1, 0.15) is 11.6 Å². The number of aromatic nitrogens is 5. The molecule has 0 amide bonds. The molecule has 1 aromatic carbocycles. The smallest absolute Gasteiger partial charge is 0.266 e. The van der Waals surface area contributed by atoms with Crippen molar-refractivity contribution in [1.29, 1.82) is 5.26 Å². The topological polar surface area (TPSA) is 101 Å². The summed E-state index contributed by atoms with van der Waals surface area (Å²) in [6, 6.07) is 13.3. The van der Waals surface area contributed by atoms with Crippen LogP contribution in [-0.2, 0) is 0 Å². The van der Waals surface area contributed by atoms with Gasteiger partial charge in [0.05, 0.1) is 11.7 Å². The number of hydrogen-bond acceptors (Lipinski definition) is 6. The molecule has 0 atom stereocenters. The molecule has 4 aromatic rings. The number of nitrogens with zero attached hydrogens (tertiary/aromatic N) is 7. The van der Waals surface area contributed by atoms with Crippen molar-refractivity contribution in [3.63, 3.8) is 0 Å². The normalized spacial score (nSPS) is 11.4. The third-order valence-electron chi connectivity index (χ3n) is 4.19. The third-order valence-corrected chi connectivity index (χ3v) is 4.19. The first-order valence-electron chi connectivity index (χ1n) is 7.87. The Morgan fingerprint density at radius 1 is 1.23 bits per heavy atom. The summed E-state index contributed by atoms with van der Waals surface area (Å²) in [5.41, 5.74) is 2.98. The standard InChI is InChI=1S/C18H13N7O/c1-11-7-12(2)24(18(26)15(11)9-19)20-10-14-8-13-5-3-4-6-16(13)25-17(14)21-22-23-25/h3-8,10H,1-2H3/b20-10+. The maximum Gasteiger partial charge on any atom is 0.289 e. The van der Waals surface area contributed by atoms with E-state index in [1.54, 1.807) is 24.4 Å². The van der Waals surface area contributed by atoms with Gasteiger partial charge in [0.2, 0.25) is 0 Å². The molecular weight excluding hydrogens is 330 g/mol. The van der Waals surface area contributed by atoms with Crippen LogP contribution in [0.2, 0.25) is 0 Å². The zero-order chi connectivity index (χ0) is 18.3. The van der Waals surface area contributed by atoms with Crippen LogP contribution >= 0.6 is 0 Å². The van der Waals surface area contributed by atoms with Crippen LogP contribution in [-0.4, -0.2) is 30.9 Å². The molecule has 3 heterocycles. The quantitative estimate of drug-likeness (QED) is 0.517. The Labute approximate surface area is 147 Å². The minimum Gasteiger partial charge on any atom is -0.266 e. The molecule has 4 rings (SSSR count). The predicted octanol–water partition coefficient (Wildman–Crippen LogP) is 1.81. The number of fused-ring (bicyclic) bond motifs is 3. The maximum atomic E-state index is 12.5. The summed E-state index contributed by atoms with van der Waals surface area (Å²) < 4.78 is 2.84. The van der Waals surface area contributed by atoms with Gasteiger partial charge < -0.3 is 0 Å². The summed E-state index contributed by atoms with van der Waals surface area (Å²) >= 11 is 0. The third kappa shape index (κ3) is 2.34. The van der Waals surface area contributed by atoms with Crippen LogP contribution in [0.15, 0.2) is 46.3 Å². The molecule has 0 saturated heterocycles. The lowest BCUT2D eigenvalue weighted by molar-refractivity contribution is 0.786. The first kappa shape index (κ1) is 15.7. The summed E-state index contributed by atoms with van der Waals surface area (Å²) in [7, 11) is 0. The van der Waals surface area contributed by atoms with Gasteiger partial charge in [-0.15, -0.1) is 5.10 Å². The zero-order valence-corrected chi connectivity index (χ0v) is 14.1. The molecule has 0 saturated carbocycles. The van der Waals surface area contributed by atoms with Crippen molar-refractivity contribution in [2.75, 3.05) is 0 Å². The summed E-state index contributed by atoms with van der Waals surface area (Å²) in [6.07, 6.45) is 1.53. The van der Waals surface area contributed by atoms with Gasteiger partial charge in [0.15, 0.2) is 5.65 Å². The number of tetrazole rings is 1. The number of pyridine rings is 2. The Bertz CT molecular complexity index is 1290. The number of para-hydroxylation sites is 1. The van der Waals surface area contributed by atoms with Crippen LogP contribution in [0.4, 0.5) is 0 Å². The molecule has 0 unspecified atom stereocenters. The molecule has 126 valence electrons. The average Bonchev–Trinajstić information content (AvgIpc) is 3.12. The van der Waals surface area contributed by atoms with Crippen LogP contribution < -0.4 is 5.56 Å². The first-order valence-corrected chi connectivity index (χ1v) is 7.87. The fourth-order valence-corrected chi connectivity index (χ4v) is 2.94. The summed E-state index contributed by atoms with van der Waals surface area (Å²) in [4.78, 5) is 12.5. The predicted molar refractivity (Wildman–Crippen MR) is 96.2 cm³/mol. The largest absolute Gasteiger partial charge is 0.289 e. The molecule has 0 N–H and O–H groups in total. The van der Waals surface area contributed by atoms with Crippen LogP contribution in [0.5, 0.6) is 0 Å². The van der Waals surface area contributed by atoms with Crippen molar-refractivity contribution in [3.05, 3.63) is 69.1 Å². The van der Waals surface area contributed by atoms with Crippen molar-refractivity contribution < 1.29 is 0 Å². The zero-order valence-electron chi connectivity index (χ0n) is 14.1. The molecule has 3 aromatic heterocycles. The van der Waals surface area contributed by atoms with E-state index in [0.29, 0.717) is 22.5 Å². The fraction of sp³-hybridized carbons (Fsp3) is 0.111. The van der Waals surface area contributed by atoms with Gasteiger partial charge in [0, 0.05) is 16.6 Å². The van der Waals surface area contributed by atoms with Gasteiger partial charge >= 0.3 is 0 Å². The van der Waals surface area contributed by atoms with Crippen molar-refractivity contribution in [2.24, 2.45) is 5.10 Å². The summed E-state index contributed by atoms with van der Waals surface area (Å²) in [5.74, 6) is 0. The molecular formula is C18H13N7O. The maximum absolute atomic E-state index is 12.5. The van der Waals surface area contributed by atoms with Gasteiger partial charge in [-0.3, -0.25) is 4.79 Å². The minimum atomic E-state index is -0.447. The Balaban J connectivity index is 1.92. The Morgan fingerprint density at radius 3 is 2.85 bits per heavy atom. The van der Waals surface area contributed by atoms with Crippen molar-refractivity contribution in [2.45, 2.75) is 13.8 Å². The van der Waals surface area contributed by atoms with Gasteiger partial charge in [0.25, 0.3) is 5.56 Å². The van der Waals surface area contributed by atoms with Gasteiger partial charge in [-0.05, 0) is 48.0 Å². The summed E-state index contributed by atoms with van der Waals surface area (Å²) in [5, 5.41) is 26.2. The Kier molecular flexibility index (Phi) is 3.55. The van der Waals surface area contributed by atoms with E-state index in [4.69, 9.17) is 0 Å². The molecule has 8 nitrogen and oxygen atoms in total. The molecule has 0 spiro atoms. The average molecular weight is 343 g/mol. The van der Waals surface area contributed by atoms with E-state index in [2.05, 4.69) is 20.6 Å². The van der Waals surface area contributed by atoms with Crippen molar-refractivity contribution in [1.82, 2.24) is 24.7 Å². The molecule has 0 bridgehead atoms. The van der Waals surface area contributed by atoms with Crippen molar-refractivity contribution >= 4 is 22.8 Å². The van der Waals surface area contributed by atoms with Crippen LogP contribution in [0, 0.1) is 25.2 Å². The van der Waals surface area contributed by atoms with Crippen molar-refractivity contribution in [3.8, 4) is 6.07 Å². The highest BCUT2D eigenvalue weighted by Crippen LogP contribution is 2.17. The molecule has 0 radical (unpaired) electrons. The number of rotatable bonds is 2. The monoisotopic (exact) mass is 343 g/mol. The lowest BCUT2D eigenvalue weighted by Crippen LogP contribution is -2.22. The van der Waals surface area contributed by atoms with Crippen LogP contribution in [0.3, 0.4) is 0 Å². The van der Waals surface area contributed by atoms with E-state index >= 15 is 0 Å². The molecule has 8 heteroatoms. The number of nitriles is 1.